The third-order valence-electron chi connectivity index (χ3n) is 16.3. The quantitative estimate of drug-likeness (QED) is 0.165. The lowest BCUT2D eigenvalue weighted by Gasteiger charge is -2.73. The van der Waals surface area contributed by atoms with E-state index in [1.807, 2.05) is 18.5 Å². The zero-order valence-electron chi connectivity index (χ0n) is 33.4. The van der Waals surface area contributed by atoms with Crippen molar-refractivity contribution in [2.45, 2.75) is 157 Å². The number of hydrogen-bond donors (Lipinski definition) is 0. The van der Waals surface area contributed by atoms with Crippen LogP contribution in [0.15, 0.2) is 24.8 Å². The number of nitriles is 1. The topological polar surface area (TPSA) is 120 Å². The van der Waals surface area contributed by atoms with E-state index in [0.717, 1.165) is 50.8 Å². The monoisotopic (exact) mass is 716 g/mol. The molecule has 0 radical (unpaired) electrons. The van der Waals surface area contributed by atoms with Gasteiger partial charge in [0, 0.05) is 10.8 Å². The fourth-order valence-corrected chi connectivity index (χ4v) is 13.8. The van der Waals surface area contributed by atoms with Crippen LogP contribution < -0.4 is 0 Å². The van der Waals surface area contributed by atoms with Crippen LogP contribution in [0.2, 0.25) is 0 Å². The average molecular weight is 716 g/mol. The van der Waals surface area contributed by atoms with Crippen LogP contribution in [0.4, 0.5) is 0 Å². The van der Waals surface area contributed by atoms with Gasteiger partial charge < -0.3 is 9.47 Å². The van der Waals surface area contributed by atoms with Crippen molar-refractivity contribution in [2.75, 3.05) is 6.61 Å². The van der Waals surface area contributed by atoms with E-state index in [1.165, 1.54) is 24.8 Å². The molecule has 10 atom stereocenters. The van der Waals surface area contributed by atoms with Crippen LogP contribution in [-0.4, -0.2) is 44.9 Å². The molecule has 9 nitrogen and oxygen atoms in total. The van der Waals surface area contributed by atoms with Crippen LogP contribution in [0, 0.1) is 68.0 Å². The number of hydrogen-bond acceptors (Lipinski definition) is 8. The predicted octanol–water partition coefficient (Wildman–Crippen LogP) is 8.94. The average Bonchev–Trinajstić information content (AvgIpc) is 3.70. The Balaban J connectivity index is 1.23. The van der Waals surface area contributed by atoms with Gasteiger partial charge in [0.15, 0.2) is 5.82 Å². The minimum atomic E-state index is -0.549. The van der Waals surface area contributed by atoms with E-state index in [2.05, 4.69) is 71.2 Å². The molecule has 0 bridgehead atoms. The number of allylic oxidation sites excluding steroid dienone is 1. The van der Waals surface area contributed by atoms with E-state index in [9.17, 15) is 14.9 Å². The number of ether oxygens (including phenoxy) is 2. The van der Waals surface area contributed by atoms with Crippen LogP contribution in [0.5, 0.6) is 0 Å². The van der Waals surface area contributed by atoms with Crippen molar-refractivity contribution in [1.29, 1.82) is 5.26 Å². The summed E-state index contributed by atoms with van der Waals surface area (Å²) in [6.07, 6.45) is 13.3. The smallest absolute Gasteiger partial charge is 0.306 e. The third-order valence-corrected chi connectivity index (χ3v) is 16.3. The number of nitrogens with zero attached hydrogens (tertiary/aromatic N) is 5. The molecule has 1 aromatic rings. The van der Waals surface area contributed by atoms with Gasteiger partial charge in [0.1, 0.15) is 12.7 Å². The maximum atomic E-state index is 13.5. The van der Waals surface area contributed by atoms with Crippen LogP contribution >= 0.6 is 0 Å². The molecule has 5 fully saturated rings. The molecule has 52 heavy (non-hydrogen) atoms. The lowest BCUT2D eigenvalue weighted by molar-refractivity contribution is -0.246. The predicted molar refractivity (Wildman–Crippen MR) is 200 cm³/mol. The van der Waals surface area contributed by atoms with Gasteiger partial charge in [-0.15, -0.1) is 5.10 Å². The van der Waals surface area contributed by atoms with Gasteiger partial charge in [0.25, 0.3) is 0 Å². The Kier molecular flexibility index (Phi) is 10.2. The van der Waals surface area contributed by atoms with Gasteiger partial charge in [-0.05, 0) is 133 Å². The minimum Gasteiger partial charge on any atom is -0.462 e. The van der Waals surface area contributed by atoms with E-state index in [0.29, 0.717) is 42.6 Å². The molecule has 1 heterocycles. The molecule has 0 saturated heterocycles. The summed E-state index contributed by atoms with van der Waals surface area (Å²) in [7, 11) is 0. The number of carbonyl (C=O) groups excluding carboxylic acids is 2. The maximum Gasteiger partial charge on any atom is 0.306 e. The number of carbonyl (C=O) groups is 2. The molecular weight excluding hydrogens is 651 g/mol. The van der Waals surface area contributed by atoms with Crippen molar-refractivity contribution in [3.05, 3.63) is 30.6 Å². The van der Waals surface area contributed by atoms with Crippen LogP contribution in [0.25, 0.3) is 0 Å². The van der Waals surface area contributed by atoms with Crippen LogP contribution in [0.1, 0.15) is 145 Å². The van der Waals surface area contributed by atoms with Gasteiger partial charge >= 0.3 is 11.9 Å². The maximum absolute atomic E-state index is 13.5. The Morgan fingerprint density at radius 2 is 1.69 bits per heavy atom. The van der Waals surface area contributed by atoms with Gasteiger partial charge in [0.05, 0.1) is 31.9 Å². The van der Waals surface area contributed by atoms with Crippen molar-refractivity contribution in [2.24, 2.45) is 56.7 Å². The fourth-order valence-electron chi connectivity index (χ4n) is 13.8. The Morgan fingerprint density at radius 1 is 0.962 bits per heavy atom. The first-order valence-electron chi connectivity index (χ1n) is 20.2. The number of aromatic nitrogens is 4. The lowest BCUT2D eigenvalue weighted by atomic mass is 9.32. The molecule has 1 aromatic heterocycles. The number of fused-ring (bicyclic) bond motifs is 7. The van der Waals surface area contributed by atoms with E-state index < -0.39 is 5.41 Å². The largest absolute Gasteiger partial charge is 0.462 e. The Hall–Kier alpha value is -3.02. The minimum absolute atomic E-state index is 0.0819. The molecule has 0 N–H and O–H groups in total. The molecule has 5 aliphatic rings. The summed E-state index contributed by atoms with van der Waals surface area (Å²) >= 11 is 0. The summed E-state index contributed by atoms with van der Waals surface area (Å²) in [6.45, 7) is 27.6. The first-order valence-corrected chi connectivity index (χ1v) is 20.2. The number of aryl methyl sites for hydroxylation is 1. The Labute approximate surface area is 312 Å². The van der Waals surface area contributed by atoms with Crippen molar-refractivity contribution in [3.8, 4) is 6.07 Å². The van der Waals surface area contributed by atoms with E-state index in [4.69, 9.17) is 14.6 Å². The highest BCUT2D eigenvalue weighted by molar-refractivity contribution is 5.74. The summed E-state index contributed by atoms with van der Waals surface area (Å²) in [5.41, 5.74) is 1.02. The number of rotatable bonds is 11. The highest BCUT2D eigenvalue weighted by Gasteiger charge is 2.72. The van der Waals surface area contributed by atoms with Gasteiger partial charge in [-0.1, -0.05) is 73.3 Å². The zero-order valence-corrected chi connectivity index (χ0v) is 33.4. The Bertz CT molecular complexity index is 1610. The summed E-state index contributed by atoms with van der Waals surface area (Å²) in [4.78, 5) is 25.8. The van der Waals surface area contributed by atoms with Crippen molar-refractivity contribution in [3.63, 3.8) is 0 Å². The van der Waals surface area contributed by atoms with Gasteiger partial charge in [-0.25, -0.2) is 4.68 Å². The van der Waals surface area contributed by atoms with E-state index in [-0.39, 0.29) is 64.6 Å². The van der Waals surface area contributed by atoms with Gasteiger partial charge in [0.2, 0.25) is 0 Å². The molecule has 5 saturated carbocycles. The summed E-state index contributed by atoms with van der Waals surface area (Å²) in [5, 5.41) is 22.7. The van der Waals surface area contributed by atoms with E-state index >= 15 is 0 Å². The lowest BCUT2D eigenvalue weighted by Crippen LogP contribution is -2.67. The standard InChI is InChI=1S/C43H65N5O4/c1-11-25-51-34(49)26-38(4,5)27-35(50)52-33-17-18-40(8)31(39(33,6)7)16-19-42(10)32(40)14-13-30-36-29(28(2)3)15-20-43(36,22-21-41(30,42)9)37-45-46-47-48(37)24-12-23-44/h11,29-33,36H,1-2,12-22,24-27H2,3-10H3/t29-,30+,31?,32?,33-,36?,40-,41+,42+,43-/m0/s1. The number of esters is 2. The van der Waals surface area contributed by atoms with Crippen LogP contribution in [0.3, 0.4) is 0 Å². The molecule has 0 aromatic carbocycles. The Morgan fingerprint density at radius 3 is 2.38 bits per heavy atom. The molecule has 0 aliphatic heterocycles. The van der Waals surface area contributed by atoms with E-state index in [1.54, 1.807) is 6.08 Å². The number of tetrazole rings is 1. The second-order valence-electron chi connectivity index (χ2n) is 19.8. The molecule has 0 amide bonds. The molecule has 5 aliphatic carbocycles. The summed E-state index contributed by atoms with van der Waals surface area (Å²) in [6, 6.07) is 2.30. The molecule has 0 spiro atoms. The molecule has 286 valence electrons. The summed E-state index contributed by atoms with van der Waals surface area (Å²) < 4.78 is 13.5. The first kappa shape index (κ1) is 38.7. The van der Waals surface area contributed by atoms with Gasteiger partial charge in [-0.3, -0.25) is 9.59 Å². The summed E-state index contributed by atoms with van der Waals surface area (Å²) in [5.74, 6) is 2.96. The van der Waals surface area contributed by atoms with Crippen molar-refractivity contribution < 1.29 is 19.1 Å². The second-order valence-corrected chi connectivity index (χ2v) is 19.8. The SMILES string of the molecule is C=CCOC(=O)CC(C)(C)CC(=O)O[C@H]1CC[C@@]2(C)C(CC[C@]3(C)C2CC[C@@H]2C4[C@H](C(=C)C)CC[C@]4(c4nnnn4CCC#N)CC[C@]23C)C1(C)C. The molecule has 6 rings (SSSR count). The molecule has 3 unspecified atom stereocenters. The highest BCUT2D eigenvalue weighted by Crippen LogP contribution is 2.77. The van der Waals surface area contributed by atoms with Gasteiger partial charge in [-0.2, -0.15) is 5.26 Å². The third kappa shape index (κ3) is 6.06. The molecular formula is C43H65N5O4. The highest BCUT2D eigenvalue weighted by atomic mass is 16.5. The fraction of sp³-hybridized carbons (Fsp3) is 0.814. The zero-order chi connectivity index (χ0) is 37.9. The van der Waals surface area contributed by atoms with Crippen molar-refractivity contribution in [1.82, 2.24) is 20.2 Å². The van der Waals surface area contributed by atoms with Crippen LogP contribution in [-0.2, 0) is 31.0 Å². The second kappa shape index (κ2) is 13.7. The first-order chi connectivity index (χ1) is 24.4. The normalized spacial score (nSPS) is 39.1. The van der Waals surface area contributed by atoms with Crippen molar-refractivity contribution >= 4 is 11.9 Å². The molecule has 9 heteroatoms.